The monoisotopic (exact) mass is 468 g/mol. The van der Waals surface area contributed by atoms with Crippen LogP contribution in [0.1, 0.15) is 40.5 Å². The maximum atomic E-state index is 13.8. The molecule has 3 nitrogen and oxygen atoms in total. The molecule has 0 fully saturated rings. The number of thiophene rings is 1. The first kappa shape index (κ1) is 22.1. The Balaban J connectivity index is 1.90. The van der Waals surface area contributed by atoms with Gasteiger partial charge in [-0.15, -0.1) is 11.3 Å². The predicted octanol–water partition coefficient (Wildman–Crippen LogP) is 7.27. The molecule has 6 heteroatoms. The number of halogens is 1. The number of rotatable bonds is 6. The summed E-state index contributed by atoms with van der Waals surface area (Å²) in [5.74, 6) is 0.647. The van der Waals surface area contributed by atoms with Crippen molar-refractivity contribution in [3.63, 3.8) is 0 Å². The molecule has 160 valence electrons. The Kier molecular flexibility index (Phi) is 6.56. The fourth-order valence-corrected chi connectivity index (χ4v) is 6.24. The molecule has 31 heavy (non-hydrogen) atoms. The molecular formula is C25H25ClN2OS2. The van der Waals surface area contributed by atoms with Crippen LogP contribution in [0.2, 0.25) is 5.02 Å². The lowest BCUT2D eigenvalue weighted by atomic mass is 10.1. The maximum Gasteiger partial charge on any atom is 0.267 e. The summed E-state index contributed by atoms with van der Waals surface area (Å²) in [6.07, 6.45) is 2.02. The Labute approximate surface area is 196 Å². The number of hydrogen-bond acceptors (Lipinski definition) is 4. The van der Waals surface area contributed by atoms with Gasteiger partial charge in [0.15, 0.2) is 5.16 Å². The first-order chi connectivity index (χ1) is 14.9. The van der Waals surface area contributed by atoms with Crippen molar-refractivity contribution in [1.82, 2.24) is 9.55 Å². The summed E-state index contributed by atoms with van der Waals surface area (Å²) < 4.78 is 1.77. The van der Waals surface area contributed by atoms with Crippen molar-refractivity contribution in [2.24, 2.45) is 0 Å². The quantitative estimate of drug-likeness (QED) is 0.220. The van der Waals surface area contributed by atoms with Crippen molar-refractivity contribution in [3.05, 3.63) is 85.0 Å². The molecular weight excluding hydrogens is 444 g/mol. The third-order valence-corrected chi connectivity index (χ3v) is 8.17. The first-order valence-corrected chi connectivity index (χ1v) is 12.6. The molecule has 0 aliphatic carbocycles. The van der Waals surface area contributed by atoms with Crippen molar-refractivity contribution in [2.75, 3.05) is 0 Å². The second-order valence-electron chi connectivity index (χ2n) is 7.76. The molecule has 4 rings (SSSR count). The van der Waals surface area contributed by atoms with E-state index in [0.29, 0.717) is 10.9 Å². The van der Waals surface area contributed by atoms with Gasteiger partial charge in [0.2, 0.25) is 0 Å². The van der Waals surface area contributed by atoms with Gasteiger partial charge >= 0.3 is 0 Å². The van der Waals surface area contributed by atoms with Crippen LogP contribution in [-0.4, -0.2) is 9.55 Å². The van der Waals surface area contributed by atoms with Gasteiger partial charge in [0.25, 0.3) is 5.56 Å². The van der Waals surface area contributed by atoms with Crippen molar-refractivity contribution in [3.8, 4) is 5.69 Å². The Morgan fingerprint density at radius 3 is 2.58 bits per heavy atom. The van der Waals surface area contributed by atoms with Gasteiger partial charge < -0.3 is 0 Å². The van der Waals surface area contributed by atoms with Gasteiger partial charge in [0, 0.05) is 15.7 Å². The average molecular weight is 469 g/mol. The van der Waals surface area contributed by atoms with E-state index in [-0.39, 0.29) is 5.56 Å². The topological polar surface area (TPSA) is 34.9 Å². The Hall–Kier alpha value is -2.08. The van der Waals surface area contributed by atoms with Crippen LogP contribution in [0, 0.1) is 20.8 Å². The van der Waals surface area contributed by atoms with Crippen LogP contribution in [0.5, 0.6) is 0 Å². The van der Waals surface area contributed by atoms with Crippen LogP contribution < -0.4 is 5.56 Å². The van der Waals surface area contributed by atoms with Gasteiger partial charge in [0.05, 0.1) is 11.1 Å². The largest absolute Gasteiger partial charge is 0.268 e. The van der Waals surface area contributed by atoms with Gasteiger partial charge in [-0.25, -0.2) is 4.98 Å². The molecule has 0 amide bonds. The predicted molar refractivity (Wildman–Crippen MR) is 134 cm³/mol. The molecule has 0 saturated carbocycles. The number of benzene rings is 2. The molecule has 0 spiro atoms. The Morgan fingerprint density at radius 2 is 1.87 bits per heavy atom. The van der Waals surface area contributed by atoms with E-state index in [2.05, 4.69) is 32.9 Å². The van der Waals surface area contributed by atoms with Crippen LogP contribution in [0.4, 0.5) is 0 Å². The molecule has 2 aromatic heterocycles. The van der Waals surface area contributed by atoms with E-state index in [4.69, 9.17) is 16.6 Å². The highest BCUT2D eigenvalue weighted by Crippen LogP contribution is 2.33. The Morgan fingerprint density at radius 1 is 1.10 bits per heavy atom. The average Bonchev–Trinajstić information content (AvgIpc) is 3.05. The first-order valence-electron chi connectivity index (χ1n) is 10.4. The maximum absolute atomic E-state index is 13.8. The van der Waals surface area contributed by atoms with E-state index in [9.17, 15) is 4.79 Å². The summed E-state index contributed by atoms with van der Waals surface area (Å²) >= 11 is 9.57. The number of hydrogen-bond donors (Lipinski definition) is 0. The SMILES string of the molecule is CCCc1sc2nc(SCc3ccccc3Cl)n(-c3ccc(C)c(C)c3)c(=O)c2c1C. The van der Waals surface area contributed by atoms with Gasteiger partial charge in [-0.2, -0.15) is 0 Å². The number of aryl methyl sites for hydroxylation is 4. The van der Waals surface area contributed by atoms with E-state index in [0.717, 1.165) is 50.5 Å². The van der Waals surface area contributed by atoms with Crippen LogP contribution >= 0.6 is 34.7 Å². The number of fused-ring (bicyclic) bond motifs is 1. The molecule has 0 saturated heterocycles. The molecule has 0 atom stereocenters. The zero-order valence-electron chi connectivity index (χ0n) is 18.2. The lowest BCUT2D eigenvalue weighted by molar-refractivity contribution is 0.820. The van der Waals surface area contributed by atoms with Crippen LogP contribution in [0.15, 0.2) is 52.4 Å². The van der Waals surface area contributed by atoms with Crippen LogP contribution in [0.3, 0.4) is 0 Å². The Bertz CT molecular complexity index is 1320. The number of nitrogens with zero attached hydrogens (tertiary/aromatic N) is 2. The molecule has 0 radical (unpaired) electrons. The molecule has 0 aliphatic rings. The zero-order chi connectivity index (χ0) is 22.1. The highest BCUT2D eigenvalue weighted by molar-refractivity contribution is 7.98. The smallest absolute Gasteiger partial charge is 0.267 e. The van der Waals surface area contributed by atoms with Crippen LogP contribution in [-0.2, 0) is 12.2 Å². The minimum atomic E-state index is 0.00557. The van der Waals surface area contributed by atoms with E-state index in [1.54, 1.807) is 27.7 Å². The summed E-state index contributed by atoms with van der Waals surface area (Å²) in [4.78, 5) is 20.8. The third-order valence-electron chi connectivity index (χ3n) is 5.57. The second-order valence-corrected chi connectivity index (χ2v) is 10.2. The fourth-order valence-electron chi connectivity index (χ4n) is 3.62. The van der Waals surface area contributed by atoms with Gasteiger partial charge in [-0.3, -0.25) is 9.36 Å². The second kappa shape index (κ2) is 9.19. The summed E-state index contributed by atoms with van der Waals surface area (Å²) in [7, 11) is 0. The highest BCUT2D eigenvalue weighted by Gasteiger charge is 2.19. The fraction of sp³-hybridized carbons (Fsp3) is 0.280. The molecule has 0 unspecified atom stereocenters. The van der Waals surface area contributed by atoms with E-state index in [1.165, 1.54) is 10.4 Å². The summed E-state index contributed by atoms with van der Waals surface area (Å²) in [6, 6.07) is 14.0. The zero-order valence-corrected chi connectivity index (χ0v) is 20.5. The minimum absolute atomic E-state index is 0.00557. The molecule has 0 N–H and O–H groups in total. The summed E-state index contributed by atoms with van der Waals surface area (Å²) in [6.45, 7) is 8.36. The molecule has 2 aromatic carbocycles. The van der Waals surface area contributed by atoms with Gasteiger partial charge in [-0.1, -0.05) is 61.0 Å². The van der Waals surface area contributed by atoms with Gasteiger partial charge in [0.1, 0.15) is 4.83 Å². The van der Waals surface area contributed by atoms with E-state index >= 15 is 0 Å². The summed E-state index contributed by atoms with van der Waals surface area (Å²) in [5, 5.41) is 2.17. The number of thioether (sulfide) groups is 1. The molecule has 0 bridgehead atoms. The van der Waals surface area contributed by atoms with Crippen molar-refractivity contribution < 1.29 is 0 Å². The lowest BCUT2D eigenvalue weighted by Gasteiger charge is -2.14. The highest BCUT2D eigenvalue weighted by atomic mass is 35.5. The lowest BCUT2D eigenvalue weighted by Crippen LogP contribution is -2.22. The molecule has 4 aromatic rings. The van der Waals surface area contributed by atoms with E-state index < -0.39 is 0 Å². The van der Waals surface area contributed by atoms with E-state index in [1.807, 2.05) is 37.3 Å². The van der Waals surface area contributed by atoms with Crippen molar-refractivity contribution in [2.45, 2.75) is 51.4 Å². The standard InChI is InChI=1S/C25H25ClN2OS2/c1-5-8-21-17(4)22-23(31-21)27-25(30-14-18-9-6-7-10-20(18)26)28(24(22)29)19-12-11-15(2)16(3)13-19/h6-7,9-13H,5,8,14H2,1-4H3. The molecule has 0 aliphatic heterocycles. The van der Waals surface area contributed by atoms with Crippen molar-refractivity contribution in [1.29, 1.82) is 0 Å². The van der Waals surface area contributed by atoms with Crippen molar-refractivity contribution >= 4 is 44.9 Å². The number of aromatic nitrogens is 2. The minimum Gasteiger partial charge on any atom is -0.268 e. The normalized spacial score (nSPS) is 11.4. The molecule has 2 heterocycles. The van der Waals surface area contributed by atoms with Gasteiger partial charge in [-0.05, 0) is 67.6 Å². The van der Waals surface area contributed by atoms with Crippen LogP contribution in [0.25, 0.3) is 15.9 Å². The third kappa shape index (κ3) is 4.32. The summed E-state index contributed by atoms with van der Waals surface area (Å²) in [5.41, 5.74) is 5.31.